The van der Waals surface area contributed by atoms with Gasteiger partial charge >= 0.3 is 5.69 Å². The first-order valence-corrected chi connectivity index (χ1v) is 4.31. The normalized spacial score (nSPS) is 9.80. The number of nitro groups is 1. The molecule has 0 spiro atoms. The second-order valence-corrected chi connectivity index (χ2v) is 3.15. The number of ether oxygens (including phenoxy) is 1. The fraction of sp³-hybridized carbons (Fsp3) is 0.300. The molecule has 0 N–H and O–H groups in total. The van der Waals surface area contributed by atoms with Crippen LogP contribution < -0.4 is 4.74 Å². The number of ketones is 1. The second kappa shape index (κ2) is 4.08. The van der Waals surface area contributed by atoms with Gasteiger partial charge in [0.25, 0.3) is 0 Å². The SMILES string of the molecule is COc1cc(C(C)=O)c(C)cc1[N+](=O)[O-]. The van der Waals surface area contributed by atoms with Crippen molar-refractivity contribution in [1.29, 1.82) is 0 Å². The molecule has 0 saturated heterocycles. The van der Waals surface area contributed by atoms with Crippen molar-refractivity contribution in [2.75, 3.05) is 7.11 Å². The minimum Gasteiger partial charge on any atom is -0.490 e. The molecule has 0 bridgehead atoms. The molecule has 0 heterocycles. The Morgan fingerprint density at radius 2 is 2.07 bits per heavy atom. The number of benzene rings is 1. The number of aryl methyl sites for hydroxylation is 1. The number of carbonyl (C=O) groups excluding carboxylic acids is 1. The molecule has 1 rings (SSSR count). The first-order chi connectivity index (χ1) is 6.97. The summed E-state index contributed by atoms with van der Waals surface area (Å²) in [5.41, 5.74) is 0.896. The van der Waals surface area contributed by atoms with Gasteiger partial charge in [-0.05, 0) is 25.5 Å². The van der Waals surface area contributed by atoms with E-state index in [9.17, 15) is 14.9 Å². The quantitative estimate of drug-likeness (QED) is 0.434. The lowest BCUT2D eigenvalue weighted by Crippen LogP contribution is -2.01. The van der Waals surface area contributed by atoms with E-state index >= 15 is 0 Å². The average Bonchev–Trinajstić information content (AvgIpc) is 2.16. The number of methoxy groups -OCH3 is 1. The van der Waals surface area contributed by atoms with Crippen LogP contribution in [-0.4, -0.2) is 17.8 Å². The average molecular weight is 209 g/mol. The fourth-order valence-corrected chi connectivity index (χ4v) is 1.36. The molecule has 0 saturated carbocycles. The minimum atomic E-state index is -0.532. The van der Waals surface area contributed by atoms with Gasteiger partial charge in [-0.25, -0.2) is 0 Å². The van der Waals surface area contributed by atoms with Gasteiger partial charge in [-0.3, -0.25) is 14.9 Å². The summed E-state index contributed by atoms with van der Waals surface area (Å²) in [6, 6.07) is 2.74. The van der Waals surface area contributed by atoms with E-state index in [4.69, 9.17) is 4.74 Å². The number of carbonyl (C=O) groups is 1. The molecule has 5 nitrogen and oxygen atoms in total. The molecule has 1 aromatic carbocycles. The van der Waals surface area contributed by atoms with Crippen molar-refractivity contribution >= 4 is 11.5 Å². The summed E-state index contributed by atoms with van der Waals surface area (Å²) in [7, 11) is 1.33. The van der Waals surface area contributed by atoms with Crippen LogP contribution in [0.25, 0.3) is 0 Å². The molecule has 0 radical (unpaired) electrons. The third-order valence-electron chi connectivity index (χ3n) is 2.10. The van der Waals surface area contributed by atoms with Gasteiger partial charge in [-0.1, -0.05) is 0 Å². The van der Waals surface area contributed by atoms with Crippen molar-refractivity contribution in [2.24, 2.45) is 0 Å². The van der Waals surface area contributed by atoms with E-state index in [1.807, 2.05) is 0 Å². The third kappa shape index (κ3) is 2.12. The van der Waals surface area contributed by atoms with Crippen LogP contribution in [0.2, 0.25) is 0 Å². The minimum absolute atomic E-state index is 0.107. The molecule has 80 valence electrons. The van der Waals surface area contributed by atoms with Crippen LogP contribution in [0.1, 0.15) is 22.8 Å². The van der Waals surface area contributed by atoms with Crippen LogP contribution >= 0.6 is 0 Å². The number of nitrogens with zero attached hydrogens (tertiary/aromatic N) is 1. The Bertz CT molecular complexity index is 426. The Kier molecular flexibility index (Phi) is 3.04. The predicted molar refractivity (Wildman–Crippen MR) is 54.4 cm³/mol. The lowest BCUT2D eigenvalue weighted by atomic mass is 10.0. The van der Waals surface area contributed by atoms with E-state index in [1.165, 1.54) is 26.2 Å². The molecule has 0 aromatic heterocycles. The standard InChI is InChI=1S/C10H11NO4/c1-6-4-9(11(13)14)10(15-3)5-8(6)7(2)12/h4-5H,1-3H3. The number of Topliss-reactive ketones (excluding diaryl/α,β-unsaturated/α-hetero) is 1. The molecular formula is C10H11NO4. The molecule has 0 aliphatic heterocycles. The van der Waals surface area contributed by atoms with Gasteiger partial charge in [0.1, 0.15) is 0 Å². The number of hydrogen-bond donors (Lipinski definition) is 0. The van der Waals surface area contributed by atoms with Crippen LogP contribution in [0, 0.1) is 17.0 Å². The zero-order valence-corrected chi connectivity index (χ0v) is 8.73. The fourth-order valence-electron chi connectivity index (χ4n) is 1.36. The van der Waals surface area contributed by atoms with Crippen LogP contribution in [-0.2, 0) is 0 Å². The van der Waals surface area contributed by atoms with Crippen LogP contribution in [0.5, 0.6) is 5.75 Å². The largest absolute Gasteiger partial charge is 0.490 e. The Hall–Kier alpha value is -1.91. The molecule has 0 aliphatic rings. The van der Waals surface area contributed by atoms with Crippen LogP contribution in [0.3, 0.4) is 0 Å². The summed E-state index contributed by atoms with van der Waals surface area (Å²) in [6.45, 7) is 3.07. The van der Waals surface area contributed by atoms with E-state index < -0.39 is 4.92 Å². The summed E-state index contributed by atoms with van der Waals surface area (Å²) in [6.07, 6.45) is 0. The van der Waals surface area contributed by atoms with Crippen LogP contribution in [0.4, 0.5) is 5.69 Å². The van der Waals surface area contributed by atoms with Crippen molar-refractivity contribution in [3.05, 3.63) is 33.4 Å². The lowest BCUT2D eigenvalue weighted by molar-refractivity contribution is -0.385. The highest BCUT2D eigenvalue weighted by Crippen LogP contribution is 2.30. The molecule has 0 atom stereocenters. The summed E-state index contributed by atoms with van der Waals surface area (Å²) in [4.78, 5) is 21.3. The van der Waals surface area contributed by atoms with Crippen LogP contribution in [0.15, 0.2) is 12.1 Å². The Morgan fingerprint density at radius 1 is 1.47 bits per heavy atom. The summed E-state index contributed by atoms with van der Waals surface area (Å²) in [5.74, 6) is -0.0310. The van der Waals surface area contributed by atoms with E-state index in [-0.39, 0.29) is 17.2 Å². The van der Waals surface area contributed by atoms with Crippen molar-refractivity contribution in [3.63, 3.8) is 0 Å². The molecule has 0 amide bonds. The first-order valence-electron chi connectivity index (χ1n) is 4.31. The van der Waals surface area contributed by atoms with Gasteiger partial charge in [0, 0.05) is 11.6 Å². The van der Waals surface area contributed by atoms with Gasteiger partial charge in [0.05, 0.1) is 12.0 Å². The third-order valence-corrected chi connectivity index (χ3v) is 2.10. The zero-order valence-electron chi connectivity index (χ0n) is 8.73. The van der Waals surface area contributed by atoms with Gasteiger partial charge < -0.3 is 4.74 Å². The highest BCUT2D eigenvalue weighted by Gasteiger charge is 2.18. The van der Waals surface area contributed by atoms with E-state index in [0.29, 0.717) is 11.1 Å². The van der Waals surface area contributed by atoms with E-state index in [0.717, 1.165) is 0 Å². The predicted octanol–water partition coefficient (Wildman–Crippen LogP) is 2.11. The molecule has 0 aliphatic carbocycles. The van der Waals surface area contributed by atoms with Gasteiger partial charge in [-0.15, -0.1) is 0 Å². The molecule has 0 unspecified atom stereocenters. The maximum atomic E-state index is 11.2. The Balaban J connectivity index is 3.42. The van der Waals surface area contributed by atoms with Crippen molar-refractivity contribution in [1.82, 2.24) is 0 Å². The molecule has 5 heteroatoms. The molecule has 0 fully saturated rings. The number of hydrogen-bond acceptors (Lipinski definition) is 4. The van der Waals surface area contributed by atoms with E-state index in [1.54, 1.807) is 6.92 Å². The highest BCUT2D eigenvalue weighted by molar-refractivity contribution is 5.96. The van der Waals surface area contributed by atoms with Crippen molar-refractivity contribution in [3.8, 4) is 5.75 Å². The molecule has 1 aromatic rings. The highest BCUT2D eigenvalue weighted by atomic mass is 16.6. The van der Waals surface area contributed by atoms with Gasteiger partial charge in [0.2, 0.25) is 0 Å². The lowest BCUT2D eigenvalue weighted by Gasteiger charge is -2.06. The number of nitro benzene ring substituents is 1. The monoisotopic (exact) mass is 209 g/mol. The van der Waals surface area contributed by atoms with Crippen molar-refractivity contribution < 1.29 is 14.5 Å². The molecule has 15 heavy (non-hydrogen) atoms. The molecular weight excluding hydrogens is 198 g/mol. The zero-order chi connectivity index (χ0) is 11.6. The first kappa shape index (κ1) is 11.2. The summed E-state index contributed by atoms with van der Waals surface area (Å²) < 4.78 is 4.86. The number of rotatable bonds is 3. The smallest absolute Gasteiger partial charge is 0.311 e. The van der Waals surface area contributed by atoms with Crippen molar-refractivity contribution in [2.45, 2.75) is 13.8 Å². The van der Waals surface area contributed by atoms with Gasteiger partial charge in [-0.2, -0.15) is 0 Å². The maximum absolute atomic E-state index is 11.2. The maximum Gasteiger partial charge on any atom is 0.311 e. The Labute approximate surface area is 86.8 Å². The summed E-state index contributed by atoms with van der Waals surface area (Å²) in [5, 5.41) is 10.7. The van der Waals surface area contributed by atoms with Gasteiger partial charge in [0.15, 0.2) is 11.5 Å². The topological polar surface area (TPSA) is 69.4 Å². The Morgan fingerprint density at radius 3 is 2.47 bits per heavy atom. The summed E-state index contributed by atoms with van der Waals surface area (Å²) >= 11 is 0. The second-order valence-electron chi connectivity index (χ2n) is 3.15. The van der Waals surface area contributed by atoms with E-state index in [2.05, 4.69) is 0 Å².